The third-order valence-electron chi connectivity index (χ3n) is 6.90. The van der Waals surface area contributed by atoms with Crippen LogP contribution in [-0.2, 0) is 9.53 Å². The summed E-state index contributed by atoms with van der Waals surface area (Å²) in [5.74, 6) is 1.59. The van der Waals surface area contributed by atoms with Crippen LogP contribution in [0, 0.1) is 5.92 Å². The van der Waals surface area contributed by atoms with Crippen LogP contribution < -0.4 is 4.74 Å². The number of carbonyl (C=O) groups excluding carboxylic acids is 1. The van der Waals surface area contributed by atoms with Crippen LogP contribution >= 0.6 is 0 Å². The van der Waals surface area contributed by atoms with E-state index in [1.807, 2.05) is 0 Å². The van der Waals surface area contributed by atoms with Crippen molar-refractivity contribution >= 4 is 5.97 Å². The van der Waals surface area contributed by atoms with Gasteiger partial charge in [-0.15, -0.1) is 0 Å². The Kier molecular flexibility index (Phi) is 9.71. The summed E-state index contributed by atoms with van der Waals surface area (Å²) in [6.45, 7) is 2.83. The maximum Gasteiger partial charge on any atom is 0.309 e. The van der Waals surface area contributed by atoms with Crippen LogP contribution in [0.4, 0.5) is 0 Å². The molecule has 3 rings (SSSR count). The van der Waals surface area contributed by atoms with Crippen molar-refractivity contribution in [3.63, 3.8) is 0 Å². The smallest absolute Gasteiger partial charge is 0.309 e. The van der Waals surface area contributed by atoms with Gasteiger partial charge in [-0.2, -0.15) is 0 Å². The summed E-state index contributed by atoms with van der Waals surface area (Å²) >= 11 is 0. The number of unbranched alkanes of at least 4 members (excludes halogenated alkanes) is 5. The molecule has 2 unspecified atom stereocenters. The molecule has 1 aromatic rings. The lowest BCUT2D eigenvalue weighted by Crippen LogP contribution is -2.21. The molecular weight excluding hydrogens is 384 g/mol. The van der Waals surface area contributed by atoms with Crippen LogP contribution in [0.25, 0.3) is 0 Å². The van der Waals surface area contributed by atoms with Crippen LogP contribution in [0.3, 0.4) is 0 Å². The predicted octanol–water partition coefficient (Wildman–Crippen LogP) is 7.52. The summed E-state index contributed by atoms with van der Waals surface area (Å²) in [7, 11) is 1.71. The average Bonchev–Trinajstić information content (AvgIpc) is 2.83. The Hall–Kier alpha value is -2.03. The topological polar surface area (TPSA) is 35.5 Å². The molecule has 0 amide bonds. The molecule has 31 heavy (non-hydrogen) atoms. The van der Waals surface area contributed by atoms with Crippen LogP contribution in [0.5, 0.6) is 5.75 Å². The molecule has 3 heteroatoms. The van der Waals surface area contributed by atoms with Gasteiger partial charge in [0, 0.05) is 0 Å². The highest BCUT2D eigenvalue weighted by molar-refractivity contribution is 5.73. The second-order valence-electron chi connectivity index (χ2n) is 9.11. The van der Waals surface area contributed by atoms with Gasteiger partial charge in [0.15, 0.2) is 0 Å². The molecule has 0 aromatic heterocycles. The van der Waals surface area contributed by atoms with Gasteiger partial charge in [-0.3, -0.25) is 4.79 Å². The van der Waals surface area contributed by atoms with Crippen LogP contribution in [0.2, 0.25) is 0 Å². The fourth-order valence-electron chi connectivity index (χ4n) is 4.82. The molecule has 0 aliphatic heterocycles. The summed E-state index contributed by atoms with van der Waals surface area (Å²) < 4.78 is 10.8. The fourth-order valence-corrected chi connectivity index (χ4v) is 4.82. The predicted molar refractivity (Wildman–Crippen MR) is 127 cm³/mol. The molecule has 0 spiro atoms. The Labute approximate surface area is 188 Å². The highest BCUT2D eigenvalue weighted by Crippen LogP contribution is 2.38. The summed E-state index contributed by atoms with van der Waals surface area (Å²) in [6.07, 6.45) is 18.3. The summed E-state index contributed by atoms with van der Waals surface area (Å²) in [5.41, 5.74) is 4.37. The number of hydrogen-bond donors (Lipinski definition) is 0. The van der Waals surface area contributed by atoms with Gasteiger partial charge in [0.2, 0.25) is 0 Å². The quantitative estimate of drug-likeness (QED) is 0.272. The van der Waals surface area contributed by atoms with Crippen molar-refractivity contribution in [2.24, 2.45) is 5.92 Å². The van der Waals surface area contributed by atoms with Gasteiger partial charge < -0.3 is 9.47 Å². The second-order valence-corrected chi connectivity index (χ2v) is 9.11. The van der Waals surface area contributed by atoms with Gasteiger partial charge >= 0.3 is 5.97 Å². The summed E-state index contributed by atoms with van der Waals surface area (Å²) in [4.78, 5) is 12.4. The standard InChI is InChI=1S/C28H40O3/c1-3-4-5-6-7-8-21-31-28(29)26-15-13-24(14-16-26)22-9-11-23(12-10-22)25-17-19-27(30-2)20-18-25/h9,13,17-20,23,26H,3-8,10-12,14-16,21H2,1-2H3. The minimum Gasteiger partial charge on any atom is -0.497 e. The minimum absolute atomic E-state index is 0.0149. The minimum atomic E-state index is 0.0149. The fraction of sp³-hybridized carbons (Fsp3) is 0.607. The molecule has 2 atom stereocenters. The number of benzene rings is 1. The third-order valence-corrected chi connectivity index (χ3v) is 6.90. The van der Waals surface area contributed by atoms with Crippen molar-refractivity contribution in [1.29, 1.82) is 0 Å². The first-order valence-corrected chi connectivity index (χ1v) is 12.4. The number of esters is 1. The lowest BCUT2D eigenvalue weighted by molar-refractivity contribution is -0.148. The molecular formula is C28H40O3. The first kappa shape index (κ1) is 23.6. The van der Waals surface area contributed by atoms with E-state index in [1.54, 1.807) is 7.11 Å². The molecule has 170 valence electrons. The van der Waals surface area contributed by atoms with Gasteiger partial charge in [-0.05, 0) is 79.7 Å². The Morgan fingerprint density at radius 3 is 2.19 bits per heavy atom. The zero-order valence-corrected chi connectivity index (χ0v) is 19.5. The summed E-state index contributed by atoms with van der Waals surface area (Å²) in [5, 5.41) is 0. The van der Waals surface area contributed by atoms with E-state index in [4.69, 9.17) is 9.47 Å². The maximum atomic E-state index is 12.4. The highest BCUT2D eigenvalue weighted by Gasteiger charge is 2.25. The van der Waals surface area contributed by atoms with E-state index in [2.05, 4.69) is 43.3 Å². The van der Waals surface area contributed by atoms with Crippen molar-refractivity contribution in [3.8, 4) is 5.75 Å². The van der Waals surface area contributed by atoms with Crippen molar-refractivity contribution in [3.05, 3.63) is 53.1 Å². The van der Waals surface area contributed by atoms with Gasteiger partial charge in [0.1, 0.15) is 5.75 Å². The lowest BCUT2D eigenvalue weighted by Gasteiger charge is -2.27. The Morgan fingerprint density at radius 2 is 1.58 bits per heavy atom. The van der Waals surface area contributed by atoms with Crippen LogP contribution in [-0.4, -0.2) is 19.7 Å². The summed E-state index contributed by atoms with van der Waals surface area (Å²) in [6, 6.07) is 8.51. The van der Waals surface area contributed by atoms with E-state index < -0.39 is 0 Å². The van der Waals surface area contributed by atoms with Gasteiger partial charge in [-0.25, -0.2) is 0 Å². The van der Waals surface area contributed by atoms with Crippen LogP contribution in [0.1, 0.15) is 95.5 Å². The van der Waals surface area contributed by atoms with Crippen LogP contribution in [0.15, 0.2) is 47.6 Å². The van der Waals surface area contributed by atoms with E-state index in [9.17, 15) is 4.79 Å². The number of carbonyl (C=O) groups is 1. The molecule has 2 aliphatic carbocycles. The van der Waals surface area contributed by atoms with Gasteiger partial charge in [0.25, 0.3) is 0 Å². The number of ether oxygens (including phenoxy) is 2. The molecule has 0 fully saturated rings. The monoisotopic (exact) mass is 424 g/mol. The Morgan fingerprint density at radius 1 is 0.903 bits per heavy atom. The van der Waals surface area contributed by atoms with Crippen molar-refractivity contribution in [2.75, 3.05) is 13.7 Å². The molecule has 0 saturated heterocycles. The highest BCUT2D eigenvalue weighted by atomic mass is 16.5. The molecule has 3 nitrogen and oxygen atoms in total. The molecule has 0 bridgehead atoms. The molecule has 1 aromatic carbocycles. The van der Waals surface area contributed by atoms with Crippen molar-refractivity contribution in [2.45, 2.75) is 89.9 Å². The first-order chi connectivity index (χ1) is 15.2. The van der Waals surface area contributed by atoms with Crippen molar-refractivity contribution in [1.82, 2.24) is 0 Å². The van der Waals surface area contributed by atoms with E-state index in [0.29, 0.717) is 12.5 Å². The third kappa shape index (κ3) is 7.26. The lowest BCUT2D eigenvalue weighted by atomic mass is 9.79. The largest absolute Gasteiger partial charge is 0.497 e. The molecule has 2 aliphatic rings. The van der Waals surface area contributed by atoms with Gasteiger partial charge in [0.05, 0.1) is 19.6 Å². The number of hydrogen-bond acceptors (Lipinski definition) is 3. The first-order valence-electron chi connectivity index (χ1n) is 12.4. The number of methoxy groups -OCH3 is 1. The normalized spacial score (nSPS) is 21.2. The van der Waals surface area contributed by atoms with E-state index in [1.165, 1.54) is 55.2 Å². The number of allylic oxidation sites excluding steroid dienone is 4. The SMILES string of the molecule is CCCCCCCCOC(=O)C1CC=C(C2=CCC(c3ccc(OC)cc3)CC2)CC1. The van der Waals surface area contributed by atoms with E-state index in [-0.39, 0.29) is 11.9 Å². The maximum absolute atomic E-state index is 12.4. The Balaban J connectivity index is 1.39. The zero-order valence-electron chi connectivity index (χ0n) is 19.5. The average molecular weight is 425 g/mol. The van der Waals surface area contributed by atoms with E-state index >= 15 is 0 Å². The van der Waals surface area contributed by atoms with Crippen molar-refractivity contribution < 1.29 is 14.3 Å². The molecule has 0 N–H and O–H groups in total. The molecule has 0 radical (unpaired) electrons. The number of rotatable bonds is 11. The Bertz CT molecular complexity index is 744. The second kappa shape index (κ2) is 12.7. The van der Waals surface area contributed by atoms with Gasteiger partial charge in [-0.1, -0.05) is 63.3 Å². The molecule has 0 heterocycles. The van der Waals surface area contributed by atoms with E-state index in [0.717, 1.165) is 44.3 Å². The molecule has 0 saturated carbocycles. The zero-order chi connectivity index (χ0) is 21.9.